The molecule has 1 aromatic carbocycles. The summed E-state index contributed by atoms with van der Waals surface area (Å²) in [5, 5.41) is 12.0. The Kier molecular flexibility index (Phi) is 5.23. The van der Waals surface area contributed by atoms with Crippen molar-refractivity contribution in [1.29, 1.82) is 5.26 Å². The molecule has 0 aliphatic rings. The van der Waals surface area contributed by atoms with Crippen LogP contribution in [0.2, 0.25) is 0 Å². The van der Waals surface area contributed by atoms with Gasteiger partial charge in [-0.05, 0) is 25.6 Å². The fourth-order valence-electron chi connectivity index (χ4n) is 1.27. The second-order valence-electron chi connectivity index (χ2n) is 3.37. The molecule has 0 radical (unpaired) electrons. The second kappa shape index (κ2) is 6.49. The van der Waals surface area contributed by atoms with E-state index in [1.165, 1.54) is 10.5 Å². The van der Waals surface area contributed by atoms with Crippen LogP contribution in [-0.4, -0.2) is 18.3 Å². The highest BCUT2D eigenvalue weighted by Crippen LogP contribution is 2.19. The average molecular weight is 220 g/mol. The van der Waals surface area contributed by atoms with Gasteiger partial charge in [-0.15, -0.1) is 11.8 Å². The number of hydrogen-bond acceptors (Lipinski definition) is 3. The van der Waals surface area contributed by atoms with Crippen LogP contribution in [0.3, 0.4) is 0 Å². The molecule has 0 aliphatic heterocycles. The minimum Gasteiger partial charge on any atom is -0.302 e. The molecule has 1 N–H and O–H groups in total. The molecule has 1 atom stereocenters. The van der Waals surface area contributed by atoms with Gasteiger partial charge in [-0.2, -0.15) is 5.26 Å². The van der Waals surface area contributed by atoms with Gasteiger partial charge in [0, 0.05) is 10.6 Å². The maximum Gasteiger partial charge on any atom is 0.105 e. The van der Waals surface area contributed by atoms with Crippen molar-refractivity contribution in [2.24, 2.45) is 0 Å². The molecule has 0 fully saturated rings. The van der Waals surface area contributed by atoms with Crippen LogP contribution in [0.5, 0.6) is 0 Å². The summed E-state index contributed by atoms with van der Waals surface area (Å²) in [6.07, 6.45) is 0. The monoisotopic (exact) mass is 220 g/mol. The van der Waals surface area contributed by atoms with Crippen molar-refractivity contribution < 1.29 is 0 Å². The zero-order valence-corrected chi connectivity index (χ0v) is 9.97. The molecule has 3 heteroatoms. The minimum atomic E-state index is -0.0551. The third-order valence-corrected chi connectivity index (χ3v) is 3.10. The van der Waals surface area contributed by atoms with Crippen molar-refractivity contribution in [3.05, 3.63) is 29.8 Å². The maximum absolute atomic E-state index is 8.86. The number of rotatable bonds is 5. The molecule has 0 heterocycles. The first-order chi connectivity index (χ1) is 7.26. The number of hydrogen-bond donors (Lipinski definition) is 1. The van der Waals surface area contributed by atoms with E-state index < -0.39 is 0 Å². The Balaban J connectivity index is 2.46. The molecule has 0 saturated heterocycles. The first kappa shape index (κ1) is 12.1. The van der Waals surface area contributed by atoms with Crippen molar-refractivity contribution in [2.45, 2.75) is 24.8 Å². The predicted molar refractivity (Wildman–Crippen MR) is 65.0 cm³/mol. The molecule has 1 rings (SSSR count). The molecule has 15 heavy (non-hydrogen) atoms. The molecular weight excluding hydrogens is 204 g/mol. The molecule has 2 nitrogen and oxygen atoms in total. The van der Waals surface area contributed by atoms with Gasteiger partial charge in [-0.1, -0.05) is 24.6 Å². The van der Waals surface area contributed by atoms with E-state index in [2.05, 4.69) is 36.5 Å². The van der Waals surface area contributed by atoms with Gasteiger partial charge < -0.3 is 5.32 Å². The van der Waals surface area contributed by atoms with E-state index in [1.54, 1.807) is 11.8 Å². The molecule has 0 amide bonds. The zero-order valence-electron chi connectivity index (χ0n) is 9.16. The van der Waals surface area contributed by atoms with E-state index in [-0.39, 0.29) is 6.04 Å². The number of benzene rings is 1. The predicted octanol–water partition coefficient (Wildman–Crippen LogP) is 2.59. The summed E-state index contributed by atoms with van der Waals surface area (Å²) in [7, 11) is 0. The molecule has 0 spiro atoms. The van der Waals surface area contributed by atoms with Crippen LogP contribution in [0, 0.1) is 18.3 Å². The van der Waals surface area contributed by atoms with Gasteiger partial charge in [0.1, 0.15) is 6.04 Å². The molecule has 1 unspecified atom stereocenters. The Morgan fingerprint density at radius 3 is 2.93 bits per heavy atom. The fourth-order valence-corrected chi connectivity index (χ4v) is 2.27. The Morgan fingerprint density at radius 2 is 2.33 bits per heavy atom. The van der Waals surface area contributed by atoms with Crippen LogP contribution < -0.4 is 5.32 Å². The molecule has 0 bridgehead atoms. The Morgan fingerprint density at radius 1 is 1.53 bits per heavy atom. The van der Waals surface area contributed by atoms with Crippen LogP contribution in [0.1, 0.15) is 12.5 Å². The number of nitrogens with zero attached hydrogens (tertiary/aromatic N) is 1. The van der Waals surface area contributed by atoms with Gasteiger partial charge in [-0.25, -0.2) is 0 Å². The molecule has 1 aromatic rings. The highest BCUT2D eigenvalue weighted by Gasteiger charge is 2.05. The van der Waals surface area contributed by atoms with Crippen LogP contribution >= 0.6 is 11.8 Å². The van der Waals surface area contributed by atoms with Gasteiger partial charge in [0.25, 0.3) is 0 Å². The summed E-state index contributed by atoms with van der Waals surface area (Å²) in [6, 6.07) is 10.6. The number of nitrogens with one attached hydrogen (secondary N) is 1. The van der Waals surface area contributed by atoms with E-state index >= 15 is 0 Å². The lowest BCUT2D eigenvalue weighted by molar-refractivity contribution is 0.677. The van der Waals surface area contributed by atoms with Gasteiger partial charge >= 0.3 is 0 Å². The van der Waals surface area contributed by atoms with Crippen molar-refractivity contribution in [3.63, 3.8) is 0 Å². The average Bonchev–Trinajstić information content (AvgIpc) is 2.24. The molecule has 0 aromatic heterocycles. The van der Waals surface area contributed by atoms with Gasteiger partial charge in [-0.3, -0.25) is 0 Å². The lowest BCUT2D eigenvalue weighted by Crippen LogP contribution is -2.29. The Bertz CT molecular complexity index is 344. The smallest absolute Gasteiger partial charge is 0.105 e. The maximum atomic E-state index is 8.86. The van der Waals surface area contributed by atoms with Gasteiger partial charge in [0.15, 0.2) is 0 Å². The highest BCUT2D eigenvalue weighted by molar-refractivity contribution is 7.99. The summed E-state index contributed by atoms with van der Waals surface area (Å²) in [5.74, 6) is 0.799. The quantitative estimate of drug-likeness (QED) is 0.775. The van der Waals surface area contributed by atoms with Crippen molar-refractivity contribution >= 4 is 11.8 Å². The van der Waals surface area contributed by atoms with Gasteiger partial charge in [0.05, 0.1) is 6.07 Å². The topological polar surface area (TPSA) is 35.8 Å². The number of aryl methyl sites for hydroxylation is 1. The second-order valence-corrected chi connectivity index (χ2v) is 4.46. The SMILES string of the molecule is CCNC(C#N)CSc1cccc(C)c1. The summed E-state index contributed by atoms with van der Waals surface area (Å²) in [5.41, 5.74) is 1.26. The van der Waals surface area contributed by atoms with Crippen LogP contribution in [0.15, 0.2) is 29.2 Å². The van der Waals surface area contributed by atoms with E-state index in [0.29, 0.717) is 0 Å². The molecular formula is C12H16N2S. The molecule has 80 valence electrons. The van der Waals surface area contributed by atoms with E-state index in [1.807, 2.05) is 13.0 Å². The van der Waals surface area contributed by atoms with E-state index in [4.69, 9.17) is 5.26 Å². The number of thioether (sulfide) groups is 1. The normalized spacial score (nSPS) is 12.1. The summed E-state index contributed by atoms with van der Waals surface area (Å²) in [4.78, 5) is 1.23. The van der Waals surface area contributed by atoms with Crippen LogP contribution in [0.25, 0.3) is 0 Å². The summed E-state index contributed by atoms with van der Waals surface area (Å²) < 4.78 is 0. The van der Waals surface area contributed by atoms with Crippen molar-refractivity contribution in [2.75, 3.05) is 12.3 Å². The molecule has 0 saturated carbocycles. The Hall–Kier alpha value is -0.980. The van der Waals surface area contributed by atoms with Gasteiger partial charge in [0.2, 0.25) is 0 Å². The number of nitriles is 1. The zero-order chi connectivity index (χ0) is 11.1. The van der Waals surface area contributed by atoms with Crippen LogP contribution in [-0.2, 0) is 0 Å². The third kappa shape index (κ3) is 4.37. The first-order valence-electron chi connectivity index (χ1n) is 5.08. The molecule has 0 aliphatic carbocycles. The van der Waals surface area contributed by atoms with Crippen LogP contribution in [0.4, 0.5) is 0 Å². The standard InChI is InChI=1S/C12H16N2S/c1-3-14-11(8-13)9-15-12-6-4-5-10(2)7-12/h4-7,11,14H,3,9H2,1-2H3. The highest BCUT2D eigenvalue weighted by atomic mass is 32.2. The van der Waals surface area contributed by atoms with E-state index in [0.717, 1.165) is 12.3 Å². The Labute approximate surface area is 95.7 Å². The van der Waals surface area contributed by atoms with Crippen molar-refractivity contribution in [1.82, 2.24) is 5.32 Å². The van der Waals surface area contributed by atoms with Crippen molar-refractivity contribution in [3.8, 4) is 6.07 Å². The fraction of sp³-hybridized carbons (Fsp3) is 0.417. The summed E-state index contributed by atoms with van der Waals surface area (Å²) >= 11 is 1.72. The van der Waals surface area contributed by atoms with E-state index in [9.17, 15) is 0 Å². The summed E-state index contributed by atoms with van der Waals surface area (Å²) in [6.45, 7) is 4.93. The minimum absolute atomic E-state index is 0.0551. The lowest BCUT2D eigenvalue weighted by atomic mass is 10.2. The third-order valence-electron chi connectivity index (χ3n) is 2.01. The first-order valence-corrected chi connectivity index (χ1v) is 6.07. The lowest BCUT2D eigenvalue weighted by Gasteiger charge is -2.09. The largest absolute Gasteiger partial charge is 0.302 e.